The molecular weight excluding hydrogens is 470 g/mol. The average Bonchev–Trinajstić information content (AvgIpc) is 3.12. The minimum Gasteiger partial charge on any atom is -0.309 e. The molecule has 3 aromatic carbocycles. The molecule has 168 valence electrons. The van der Waals surface area contributed by atoms with E-state index in [1.165, 1.54) is 24.3 Å². The number of nitrogens with one attached hydrogen (secondary N) is 1. The molecule has 0 spiro atoms. The zero-order valence-electron chi connectivity index (χ0n) is 17.8. The standard InChI is InChI=1S/C25H18ClN5O2S/c26-18-10-12-19(13-11-18)34(32,33)30-24-20(16-27)23-25(29-22-9-5-4-8-21(22)28-23)31(24)15-14-17-6-2-1-3-7-17/h1-13,30H,14-15H2. The van der Waals surface area contributed by atoms with E-state index in [0.29, 0.717) is 40.2 Å². The number of nitriles is 1. The highest BCUT2D eigenvalue weighted by Crippen LogP contribution is 2.31. The summed E-state index contributed by atoms with van der Waals surface area (Å²) in [7, 11) is -4.00. The van der Waals surface area contributed by atoms with Gasteiger partial charge in [-0.05, 0) is 48.4 Å². The molecule has 34 heavy (non-hydrogen) atoms. The van der Waals surface area contributed by atoms with Crippen molar-refractivity contribution in [3.05, 3.63) is 95.0 Å². The van der Waals surface area contributed by atoms with E-state index in [0.717, 1.165) is 5.56 Å². The van der Waals surface area contributed by atoms with Gasteiger partial charge < -0.3 is 4.57 Å². The Morgan fingerprint density at radius 3 is 2.24 bits per heavy atom. The molecule has 0 unspecified atom stereocenters. The lowest BCUT2D eigenvalue weighted by Gasteiger charge is -2.13. The quantitative estimate of drug-likeness (QED) is 0.357. The topological polar surface area (TPSA) is 101 Å². The maximum absolute atomic E-state index is 13.2. The molecule has 0 aliphatic rings. The fraction of sp³-hybridized carbons (Fsp3) is 0.0800. The summed E-state index contributed by atoms with van der Waals surface area (Å²) in [5.41, 5.74) is 3.27. The van der Waals surface area contributed by atoms with Crippen molar-refractivity contribution in [2.45, 2.75) is 17.9 Å². The smallest absolute Gasteiger partial charge is 0.263 e. The van der Waals surface area contributed by atoms with Crippen molar-refractivity contribution in [3.8, 4) is 6.07 Å². The summed E-state index contributed by atoms with van der Waals surface area (Å²) >= 11 is 5.92. The molecule has 2 aromatic heterocycles. The predicted octanol–water partition coefficient (Wildman–Crippen LogP) is 5.15. The molecule has 0 amide bonds. The fourth-order valence-corrected chi connectivity index (χ4v) is 5.02. The number of aromatic nitrogens is 3. The number of rotatable bonds is 6. The summed E-state index contributed by atoms with van der Waals surface area (Å²) in [4.78, 5) is 9.41. The van der Waals surface area contributed by atoms with Gasteiger partial charge in [0.2, 0.25) is 0 Å². The lowest BCUT2D eigenvalue weighted by Crippen LogP contribution is -2.17. The molecule has 0 aliphatic heterocycles. The summed E-state index contributed by atoms with van der Waals surface area (Å²) in [5, 5.41) is 10.4. The van der Waals surface area contributed by atoms with Crippen LogP contribution in [0.4, 0.5) is 5.82 Å². The van der Waals surface area contributed by atoms with Crippen LogP contribution in [0.3, 0.4) is 0 Å². The number of fused-ring (bicyclic) bond motifs is 2. The summed E-state index contributed by atoms with van der Waals surface area (Å²) in [6.07, 6.45) is 0.611. The molecule has 1 N–H and O–H groups in total. The van der Waals surface area contributed by atoms with Gasteiger partial charge >= 0.3 is 0 Å². The third kappa shape index (κ3) is 4.07. The van der Waals surface area contributed by atoms with E-state index in [9.17, 15) is 13.7 Å². The van der Waals surface area contributed by atoms with Gasteiger partial charge in [0.05, 0.1) is 15.9 Å². The maximum Gasteiger partial charge on any atom is 0.263 e. The number of nitrogens with zero attached hydrogens (tertiary/aromatic N) is 4. The van der Waals surface area contributed by atoms with Crippen LogP contribution in [-0.2, 0) is 23.0 Å². The third-order valence-electron chi connectivity index (χ3n) is 5.49. The van der Waals surface area contributed by atoms with Crippen molar-refractivity contribution in [2.24, 2.45) is 0 Å². The summed E-state index contributed by atoms with van der Waals surface area (Å²) < 4.78 is 30.7. The molecule has 0 saturated heterocycles. The first-order valence-electron chi connectivity index (χ1n) is 10.5. The number of para-hydroxylation sites is 2. The Morgan fingerprint density at radius 1 is 0.912 bits per heavy atom. The highest BCUT2D eigenvalue weighted by Gasteiger charge is 2.25. The van der Waals surface area contributed by atoms with Crippen LogP contribution in [0.15, 0.2) is 83.8 Å². The second kappa shape index (κ2) is 8.78. The lowest BCUT2D eigenvalue weighted by molar-refractivity contribution is 0.600. The van der Waals surface area contributed by atoms with Gasteiger partial charge in [0.1, 0.15) is 23.0 Å². The van der Waals surface area contributed by atoms with E-state index in [1.54, 1.807) is 4.57 Å². The summed E-state index contributed by atoms with van der Waals surface area (Å²) in [6.45, 7) is 0.397. The highest BCUT2D eigenvalue weighted by atomic mass is 35.5. The number of anilines is 1. The molecule has 5 aromatic rings. The van der Waals surface area contributed by atoms with Crippen LogP contribution < -0.4 is 4.72 Å². The monoisotopic (exact) mass is 487 g/mol. The minimum absolute atomic E-state index is 0.0340. The van der Waals surface area contributed by atoms with E-state index in [1.807, 2.05) is 54.6 Å². The van der Waals surface area contributed by atoms with Crippen molar-refractivity contribution in [2.75, 3.05) is 4.72 Å². The van der Waals surface area contributed by atoms with Gasteiger partial charge in [0.15, 0.2) is 5.65 Å². The molecule has 0 radical (unpaired) electrons. The van der Waals surface area contributed by atoms with E-state index in [-0.39, 0.29) is 16.3 Å². The molecule has 0 saturated carbocycles. The second-order valence-electron chi connectivity index (χ2n) is 7.67. The SMILES string of the molecule is N#Cc1c(NS(=O)(=O)c2ccc(Cl)cc2)n(CCc2ccccc2)c2nc3ccccc3nc12. The Morgan fingerprint density at radius 2 is 1.56 bits per heavy atom. The number of hydrogen-bond donors (Lipinski definition) is 1. The fourth-order valence-electron chi connectivity index (χ4n) is 3.81. The van der Waals surface area contributed by atoms with Crippen molar-refractivity contribution < 1.29 is 8.42 Å². The van der Waals surface area contributed by atoms with Crippen LogP contribution in [0.1, 0.15) is 11.1 Å². The van der Waals surface area contributed by atoms with Crippen LogP contribution in [0.5, 0.6) is 0 Å². The van der Waals surface area contributed by atoms with Crippen LogP contribution in [0.25, 0.3) is 22.2 Å². The molecular formula is C25H18ClN5O2S. The van der Waals surface area contributed by atoms with E-state index < -0.39 is 10.0 Å². The van der Waals surface area contributed by atoms with E-state index in [4.69, 9.17) is 16.6 Å². The van der Waals surface area contributed by atoms with Crippen LogP contribution >= 0.6 is 11.6 Å². The van der Waals surface area contributed by atoms with Crippen LogP contribution in [0.2, 0.25) is 5.02 Å². The number of hydrogen-bond acceptors (Lipinski definition) is 5. The molecule has 0 fully saturated rings. The number of halogens is 1. The highest BCUT2D eigenvalue weighted by molar-refractivity contribution is 7.92. The van der Waals surface area contributed by atoms with Gasteiger partial charge in [-0.15, -0.1) is 0 Å². The Kier molecular flexibility index (Phi) is 5.65. The normalized spacial score (nSPS) is 11.5. The number of aryl methyl sites for hydroxylation is 2. The van der Waals surface area contributed by atoms with Gasteiger partial charge in [-0.3, -0.25) is 4.72 Å². The average molecular weight is 488 g/mol. The largest absolute Gasteiger partial charge is 0.309 e. The lowest BCUT2D eigenvalue weighted by atomic mass is 10.1. The Bertz CT molecular complexity index is 1660. The zero-order valence-corrected chi connectivity index (χ0v) is 19.4. The van der Waals surface area contributed by atoms with Crippen molar-refractivity contribution in [1.29, 1.82) is 5.26 Å². The molecule has 0 bridgehead atoms. The Labute approximate surface area is 201 Å². The Balaban J connectivity index is 1.68. The van der Waals surface area contributed by atoms with Crippen molar-refractivity contribution in [1.82, 2.24) is 14.5 Å². The van der Waals surface area contributed by atoms with Crippen LogP contribution in [0, 0.1) is 11.3 Å². The molecule has 0 aliphatic carbocycles. The summed E-state index contributed by atoms with van der Waals surface area (Å²) in [5.74, 6) is 0.138. The van der Waals surface area contributed by atoms with Gasteiger partial charge in [-0.1, -0.05) is 54.1 Å². The second-order valence-corrected chi connectivity index (χ2v) is 9.79. The third-order valence-corrected chi connectivity index (χ3v) is 7.09. The van der Waals surface area contributed by atoms with E-state index >= 15 is 0 Å². The molecule has 5 rings (SSSR count). The number of sulfonamides is 1. The first-order chi connectivity index (χ1) is 16.5. The van der Waals surface area contributed by atoms with E-state index in [2.05, 4.69) is 15.8 Å². The maximum atomic E-state index is 13.2. The minimum atomic E-state index is -4.00. The van der Waals surface area contributed by atoms with Crippen molar-refractivity contribution in [3.63, 3.8) is 0 Å². The zero-order chi connectivity index (χ0) is 23.7. The molecule has 2 heterocycles. The first-order valence-corrected chi connectivity index (χ1v) is 12.3. The van der Waals surface area contributed by atoms with Gasteiger partial charge in [-0.2, -0.15) is 5.26 Å². The predicted molar refractivity (Wildman–Crippen MR) is 132 cm³/mol. The molecule has 9 heteroatoms. The van der Waals surface area contributed by atoms with Gasteiger partial charge in [-0.25, -0.2) is 18.4 Å². The molecule has 0 atom stereocenters. The Hall–Kier alpha value is -3.93. The molecule has 7 nitrogen and oxygen atoms in total. The first kappa shape index (κ1) is 21.9. The van der Waals surface area contributed by atoms with Gasteiger partial charge in [0, 0.05) is 11.6 Å². The van der Waals surface area contributed by atoms with Gasteiger partial charge in [0.25, 0.3) is 10.0 Å². The van der Waals surface area contributed by atoms with Crippen molar-refractivity contribution >= 4 is 49.6 Å². The summed E-state index contributed by atoms with van der Waals surface area (Å²) in [6, 6.07) is 25.1. The number of benzene rings is 3. The van der Waals surface area contributed by atoms with Crippen LogP contribution in [-0.4, -0.2) is 23.0 Å².